The van der Waals surface area contributed by atoms with E-state index in [1.54, 1.807) is 0 Å². The van der Waals surface area contributed by atoms with Crippen molar-refractivity contribution in [2.45, 2.75) is 74.4 Å². The van der Waals surface area contributed by atoms with Crippen LogP contribution in [0.25, 0.3) is 0 Å². The van der Waals surface area contributed by atoms with Gasteiger partial charge in [-0.2, -0.15) is 0 Å². The van der Waals surface area contributed by atoms with E-state index in [9.17, 15) is 14.7 Å². The molecule has 1 aliphatic heterocycles. The van der Waals surface area contributed by atoms with Crippen LogP contribution in [0.5, 0.6) is 0 Å². The number of hydrogen-bond acceptors (Lipinski definition) is 9. The van der Waals surface area contributed by atoms with Crippen LogP contribution >= 0.6 is 0 Å². The van der Waals surface area contributed by atoms with Crippen LogP contribution in [0.3, 0.4) is 0 Å². The number of benzene rings is 5. The van der Waals surface area contributed by atoms with Gasteiger partial charge in [0.05, 0.1) is 0 Å². The Labute approximate surface area is 340 Å². The molecule has 5 aromatic carbocycles. The van der Waals surface area contributed by atoms with Crippen LogP contribution in [0.1, 0.15) is 29.2 Å². The fraction of sp³-hybridized carbons (Fsp3) is 0.304. The monoisotopic (exact) mass is 839 g/mol. The molecule has 7 atom stereocenters. The Balaban J connectivity index is 1.45. The molecular formula is C46H49NO9Se. The van der Waals surface area contributed by atoms with Crippen molar-refractivity contribution in [3.05, 3.63) is 174 Å². The Morgan fingerprint density at radius 3 is 1.68 bits per heavy atom. The topological polar surface area (TPSA) is 122 Å². The van der Waals surface area contributed by atoms with Gasteiger partial charge in [0.15, 0.2) is 0 Å². The summed E-state index contributed by atoms with van der Waals surface area (Å²) in [7, 11) is 1.21. The molecule has 0 bridgehead atoms. The Hall–Kier alpha value is -4.68. The molecule has 0 radical (unpaired) electrons. The second-order valence-electron chi connectivity index (χ2n) is 13.7. The third-order valence-electron chi connectivity index (χ3n) is 9.52. The van der Waals surface area contributed by atoms with Gasteiger partial charge in [0.2, 0.25) is 0 Å². The first-order valence-electron chi connectivity index (χ1n) is 18.9. The molecule has 1 amide bonds. The van der Waals surface area contributed by atoms with Gasteiger partial charge >= 0.3 is 336 Å². The molecule has 57 heavy (non-hydrogen) atoms. The molecule has 2 N–H and O–H groups in total. The van der Waals surface area contributed by atoms with E-state index in [0.717, 1.165) is 26.7 Å². The maximum atomic E-state index is 14.0. The van der Waals surface area contributed by atoms with Gasteiger partial charge in [0.1, 0.15) is 0 Å². The summed E-state index contributed by atoms with van der Waals surface area (Å²) in [5.41, 5.74) is 3.61. The molecule has 0 aliphatic carbocycles. The summed E-state index contributed by atoms with van der Waals surface area (Å²) in [5.74, 6) is -3.87. The molecule has 5 aromatic rings. The molecule has 298 valence electrons. The predicted octanol–water partition coefficient (Wildman–Crippen LogP) is 5.54. The van der Waals surface area contributed by atoms with Gasteiger partial charge in [0.25, 0.3) is 0 Å². The van der Waals surface area contributed by atoms with Crippen molar-refractivity contribution in [1.29, 1.82) is 0 Å². The van der Waals surface area contributed by atoms with Crippen molar-refractivity contribution < 1.29 is 43.1 Å². The number of aliphatic hydroxyl groups is 1. The van der Waals surface area contributed by atoms with Gasteiger partial charge in [-0.3, -0.25) is 0 Å². The Kier molecular flexibility index (Phi) is 15.6. The van der Waals surface area contributed by atoms with Crippen molar-refractivity contribution >= 4 is 31.3 Å². The van der Waals surface area contributed by atoms with E-state index < -0.39 is 62.0 Å². The number of hydrogen-bond donors (Lipinski definition) is 2. The second-order valence-corrected chi connectivity index (χ2v) is 16.3. The summed E-state index contributed by atoms with van der Waals surface area (Å²) in [6, 6.07) is 47.3. The number of carbonyl (C=O) groups excluding carboxylic acids is 2. The third kappa shape index (κ3) is 11.7. The molecule has 1 fully saturated rings. The average Bonchev–Trinajstić information content (AvgIpc) is 3.25. The van der Waals surface area contributed by atoms with E-state index in [0.29, 0.717) is 0 Å². The standard InChI is InChI=1S/C46H49NO9Se/c1-33(48)47-40-42(56-46(50,45(49)51-2)44(57-38-26-16-7-17-27-38)43(40)55-31-37-24-14-6-15-25-37)41(54-30-36-22-12-5-13-23-36)39(53-29-35-20-10-4-11-21-35)32-52-28-34-18-8-3-9-19-34/h3-27,39-44,50H,28-32H2,1-2H3,(H,47,48)/t39-,40+,41-,42-,43-,44+,46+/m1/s1. The Morgan fingerprint density at radius 2 is 1.18 bits per heavy atom. The predicted molar refractivity (Wildman–Crippen MR) is 216 cm³/mol. The number of ether oxygens (including phenoxy) is 6. The SMILES string of the molecule is COC(=O)[C@@]1(O)O[C@@H]([C@H](OCc2ccccc2)[C@@H](COCc2ccccc2)OCc2ccccc2)[C@H](NC(C)=O)[C@@H](OCc2ccccc2)[C@@H]1[Se]c1ccccc1. The third-order valence-corrected chi connectivity index (χ3v) is 12.4. The molecule has 0 aromatic heterocycles. The molecule has 10 nitrogen and oxygen atoms in total. The van der Waals surface area contributed by atoms with Crippen LogP contribution in [-0.4, -0.2) is 81.9 Å². The van der Waals surface area contributed by atoms with E-state index >= 15 is 0 Å². The van der Waals surface area contributed by atoms with Crippen LogP contribution in [-0.2, 0) is 64.4 Å². The minimum absolute atomic E-state index is 0.0391. The van der Waals surface area contributed by atoms with Crippen LogP contribution < -0.4 is 9.78 Å². The summed E-state index contributed by atoms with van der Waals surface area (Å²) >= 11 is -0.629. The van der Waals surface area contributed by atoms with Gasteiger partial charge in [-0.1, -0.05) is 6.07 Å². The van der Waals surface area contributed by atoms with Crippen molar-refractivity contribution in [2.75, 3.05) is 13.7 Å². The molecule has 0 spiro atoms. The zero-order valence-corrected chi connectivity index (χ0v) is 33.8. The Bertz CT molecular complexity index is 1940. The number of rotatable bonds is 19. The van der Waals surface area contributed by atoms with E-state index in [4.69, 9.17) is 28.4 Å². The fourth-order valence-corrected chi connectivity index (χ4v) is 9.47. The first-order valence-corrected chi connectivity index (χ1v) is 20.7. The molecule has 1 saturated heterocycles. The van der Waals surface area contributed by atoms with Crippen molar-refractivity contribution in [1.82, 2.24) is 5.32 Å². The molecule has 6 rings (SSSR count). The van der Waals surface area contributed by atoms with Crippen molar-refractivity contribution in [3.63, 3.8) is 0 Å². The summed E-state index contributed by atoms with van der Waals surface area (Å²) in [6.45, 7) is 2.17. The number of methoxy groups -OCH3 is 1. The van der Waals surface area contributed by atoms with Crippen molar-refractivity contribution in [3.8, 4) is 0 Å². The number of amides is 1. The number of esters is 1. The number of nitrogens with one attached hydrogen (secondary N) is 1. The fourth-order valence-electron chi connectivity index (χ4n) is 6.74. The van der Waals surface area contributed by atoms with Gasteiger partial charge in [-0.15, -0.1) is 0 Å². The zero-order chi connectivity index (χ0) is 39.9. The first kappa shape index (κ1) is 41.9. The van der Waals surface area contributed by atoms with Gasteiger partial charge in [-0.05, 0) is 0 Å². The van der Waals surface area contributed by atoms with E-state index in [2.05, 4.69) is 5.32 Å². The van der Waals surface area contributed by atoms with Crippen LogP contribution in [0.4, 0.5) is 0 Å². The second kappa shape index (κ2) is 21.2. The van der Waals surface area contributed by atoms with E-state index in [-0.39, 0.29) is 38.9 Å². The molecular weight excluding hydrogens is 789 g/mol. The van der Waals surface area contributed by atoms with E-state index in [1.807, 2.05) is 152 Å². The van der Waals surface area contributed by atoms with Crippen LogP contribution in [0.2, 0.25) is 4.82 Å². The van der Waals surface area contributed by atoms with Crippen LogP contribution in [0.15, 0.2) is 152 Å². The van der Waals surface area contributed by atoms with Gasteiger partial charge < -0.3 is 0 Å². The molecule has 1 aliphatic rings. The van der Waals surface area contributed by atoms with Crippen LogP contribution in [0, 0.1) is 0 Å². The quantitative estimate of drug-likeness (QED) is 0.0816. The molecule has 1 heterocycles. The number of carbonyl (C=O) groups is 2. The molecule has 11 heteroatoms. The van der Waals surface area contributed by atoms with Crippen molar-refractivity contribution in [2.24, 2.45) is 0 Å². The Morgan fingerprint density at radius 1 is 0.702 bits per heavy atom. The summed E-state index contributed by atoms with van der Waals surface area (Å²) < 4.78 is 39.5. The summed E-state index contributed by atoms with van der Waals surface area (Å²) in [5, 5.41) is 15.8. The minimum atomic E-state index is -2.52. The maximum absolute atomic E-state index is 14.0. The first-order chi connectivity index (χ1) is 27.8. The van der Waals surface area contributed by atoms with Gasteiger partial charge in [0, 0.05) is 0 Å². The summed E-state index contributed by atoms with van der Waals surface area (Å²) in [4.78, 5) is 26.2. The zero-order valence-electron chi connectivity index (χ0n) is 32.1. The average molecular weight is 839 g/mol. The summed E-state index contributed by atoms with van der Waals surface area (Å²) in [6.07, 6.45) is -4.07. The normalized spacial score (nSPS) is 21.6. The van der Waals surface area contributed by atoms with E-state index in [1.165, 1.54) is 14.0 Å². The molecule has 0 saturated carbocycles. The van der Waals surface area contributed by atoms with Gasteiger partial charge in [-0.25, -0.2) is 0 Å². The molecule has 0 unspecified atom stereocenters.